The topological polar surface area (TPSA) is 61.9 Å². The summed E-state index contributed by atoms with van der Waals surface area (Å²) in [5.41, 5.74) is 0.822. The number of nitrogens with one attached hydrogen (secondary N) is 1. The molecule has 0 aromatic heterocycles. The lowest BCUT2D eigenvalue weighted by Gasteiger charge is -2.44. The predicted octanol–water partition coefficient (Wildman–Crippen LogP) is 2.46. The molecule has 0 aliphatic carbocycles. The van der Waals surface area contributed by atoms with Crippen molar-refractivity contribution in [3.63, 3.8) is 0 Å². The van der Waals surface area contributed by atoms with Crippen LogP contribution >= 0.6 is 0 Å². The summed E-state index contributed by atoms with van der Waals surface area (Å²) < 4.78 is 33.4. The van der Waals surface area contributed by atoms with Gasteiger partial charge in [-0.1, -0.05) is 30.3 Å². The number of nitrogens with zero attached hydrogens (tertiary/aromatic N) is 2. The summed E-state index contributed by atoms with van der Waals surface area (Å²) in [7, 11) is -3.32. The molecule has 2 fully saturated rings. The molecule has 2 aliphatic rings. The fourth-order valence-corrected chi connectivity index (χ4v) is 5.72. The Morgan fingerprint density at radius 1 is 1.07 bits per heavy atom. The van der Waals surface area contributed by atoms with Gasteiger partial charge in [-0.3, -0.25) is 4.90 Å². The Morgan fingerprint density at radius 2 is 1.69 bits per heavy atom. The van der Waals surface area contributed by atoms with E-state index in [0.717, 1.165) is 64.1 Å². The highest BCUT2D eigenvalue weighted by atomic mass is 32.2. The van der Waals surface area contributed by atoms with Crippen molar-refractivity contribution in [1.82, 2.24) is 14.5 Å². The van der Waals surface area contributed by atoms with E-state index in [-0.39, 0.29) is 5.75 Å². The summed E-state index contributed by atoms with van der Waals surface area (Å²) in [4.78, 5) is 5.12. The molecule has 6 nitrogen and oxygen atoms in total. The summed E-state index contributed by atoms with van der Waals surface area (Å²) in [6, 6.07) is 11.0. The van der Waals surface area contributed by atoms with Gasteiger partial charge in [-0.25, -0.2) is 13.1 Å². The van der Waals surface area contributed by atoms with Crippen molar-refractivity contribution >= 4 is 10.0 Å². The Hall–Kier alpha value is -0.990. The highest BCUT2D eigenvalue weighted by Gasteiger charge is 2.31. The van der Waals surface area contributed by atoms with Crippen LogP contribution in [-0.4, -0.2) is 75.7 Å². The summed E-state index contributed by atoms with van der Waals surface area (Å²) >= 11 is 0. The van der Waals surface area contributed by atoms with Crippen LogP contribution in [-0.2, 0) is 20.5 Å². The predicted molar refractivity (Wildman–Crippen MR) is 117 cm³/mol. The third-order valence-electron chi connectivity index (χ3n) is 6.25. The molecule has 0 unspecified atom stereocenters. The molecule has 0 saturated carbocycles. The monoisotopic (exact) mass is 423 g/mol. The van der Waals surface area contributed by atoms with Crippen LogP contribution in [0.25, 0.3) is 0 Å². The molecule has 2 aliphatic heterocycles. The van der Waals surface area contributed by atoms with Gasteiger partial charge >= 0.3 is 0 Å². The van der Waals surface area contributed by atoms with Gasteiger partial charge in [0.15, 0.2) is 0 Å². The molecule has 0 atom stereocenters. The second-order valence-electron chi connectivity index (χ2n) is 8.58. The van der Waals surface area contributed by atoms with Crippen LogP contribution in [0.2, 0.25) is 0 Å². The average Bonchev–Trinajstić information content (AvgIpc) is 2.72. The van der Waals surface area contributed by atoms with E-state index in [9.17, 15) is 8.42 Å². The van der Waals surface area contributed by atoms with Gasteiger partial charge in [0, 0.05) is 44.4 Å². The highest BCUT2D eigenvalue weighted by Crippen LogP contribution is 2.24. The molecule has 2 saturated heterocycles. The lowest BCUT2D eigenvalue weighted by molar-refractivity contribution is 0.000517. The molecule has 3 rings (SSSR count). The van der Waals surface area contributed by atoms with Crippen LogP contribution in [0.1, 0.15) is 45.1 Å². The minimum atomic E-state index is -3.32. The highest BCUT2D eigenvalue weighted by molar-refractivity contribution is 7.88. The standard InChI is InChI=1S/C22H37N3O3S/c1-19(2)24-13-8-21(9-14-24)25(22-10-16-28-17-11-22)15-12-23-29(26,27)18-20-6-4-3-5-7-20/h3-7,19,21-23H,8-18H2,1-2H3. The number of hydrogen-bond donors (Lipinski definition) is 1. The molecule has 2 heterocycles. The summed E-state index contributed by atoms with van der Waals surface area (Å²) in [6.07, 6.45) is 4.40. The van der Waals surface area contributed by atoms with E-state index in [1.165, 1.54) is 0 Å². The van der Waals surface area contributed by atoms with E-state index in [1.807, 2.05) is 30.3 Å². The fourth-order valence-electron chi connectivity index (χ4n) is 4.59. The molecule has 0 spiro atoms. The summed E-state index contributed by atoms with van der Waals surface area (Å²) in [5, 5.41) is 0. The zero-order valence-corrected chi connectivity index (χ0v) is 18.7. The molecule has 29 heavy (non-hydrogen) atoms. The van der Waals surface area contributed by atoms with Crippen molar-refractivity contribution in [2.75, 3.05) is 39.4 Å². The molecule has 1 aromatic rings. The smallest absolute Gasteiger partial charge is 0.215 e. The normalized spacial score (nSPS) is 20.6. The first-order valence-corrected chi connectivity index (χ1v) is 12.7. The Balaban J connectivity index is 1.55. The minimum Gasteiger partial charge on any atom is -0.381 e. The number of ether oxygens (including phenoxy) is 1. The van der Waals surface area contributed by atoms with E-state index in [2.05, 4.69) is 28.4 Å². The number of rotatable bonds is 9. The average molecular weight is 424 g/mol. The molecule has 1 aromatic carbocycles. The Labute approximate surface area is 176 Å². The van der Waals surface area contributed by atoms with Crippen LogP contribution < -0.4 is 4.72 Å². The maximum absolute atomic E-state index is 12.5. The van der Waals surface area contributed by atoms with Gasteiger partial charge in [0.2, 0.25) is 10.0 Å². The summed E-state index contributed by atoms with van der Waals surface area (Å²) in [6.45, 7) is 9.64. The van der Waals surface area contributed by atoms with Gasteiger partial charge in [0.1, 0.15) is 0 Å². The maximum Gasteiger partial charge on any atom is 0.215 e. The van der Waals surface area contributed by atoms with E-state index in [0.29, 0.717) is 24.7 Å². The maximum atomic E-state index is 12.5. The zero-order chi connectivity index (χ0) is 20.7. The molecule has 164 valence electrons. The van der Waals surface area contributed by atoms with Crippen LogP contribution in [0.15, 0.2) is 30.3 Å². The largest absolute Gasteiger partial charge is 0.381 e. The number of hydrogen-bond acceptors (Lipinski definition) is 5. The van der Waals surface area contributed by atoms with E-state index in [4.69, 9.17) is 4.74 Å². The molecular formula is C22H37N3O3S. The van der Waals surface area contributed by atoms with E-state index >= 15 is 0 Å². The third-order valence-corrected chi connectivity index (χ3v) is 7.61. The van der Waals surface area contributed by atoms with Crippen LogP contribution in [0.3, 0.4) is 0 Å². The quantitative estimate of drug-likeness (QED) is 0.661. The van der Waals surface area contributed by atoms with Crippen molar-refractivity contribution < 1.29 is 13.2 Å². The summed E-state index contributed by atoms with van der Waals surface area (Å²) in [5.74, 6) is 0.0396. The zero-order valence-electron chi connectivity index (χ0n) is 17.9. The van der Waals surface area contributed by atoms with Crippen LogP contribution in [0.5, 0.6) is 0 Å². The second-order valence-corrected chi connectivity index (χ2v) is 10.4. The minimum absolute atomic E-state index is 0.0396. The van der Waals surface area contributed by atoms with Gasteiger partial charge in [0.05, 0.1) is 5.75 Å². The van der Waals surface area contributed by atoms with Gasteiger partial charge in [-0.15, -0.1) is 0 Å². The number of benzene rings is 1. The fraction of sp³-hybridized carbons (Fsp3) is 0.727. The van der Waals surface area contributed by atoms with Crippen molar-refractivity contribution in [1.29, 1.82) is 0 Å². The first-order chi connectivity index (χ1) is 13.9. The number of piperidine rings is 1. The van der Waals surface area contributed by atoms with Crippen molar-refractivity contribution in [3.05, 3.63) is 35.9 Å². The Kier molecular flexibility index (Phi) is 8.50. The lowest BCUT2D eigenvalue weighted by atomic mass is 9.97. The van der Waals surface area contributed by atoms with E-state index in [1.54, 1.807) is 0 Å². The van der Waals surface area contributed by atoms with Gasteiger partial charge < -0.3 is 9.64 Å². The first kappa shape index (κ1) is 22.7. The van der Waals surface area contributed by atoms with E-state index < -0.39 is 10.0 Å². The first-order valence-electron chi connectivity index (χ1n) is 11.0. The van der Waals surface area contributed by atoms with Crippen molar-refractivity contribution in [3.8, 4) is 0 Å². The molecular weight excluding hydrogens is 386 g/mol. The van der Waals surface area contributed by atoms with Crippen molar-refractivity contribution in [2.45, 2.75) is 63.4 Å². The molecule has 0 amide bonds. The van der Waals surface area contributed by atoms with Crippen molar-refractivity contribution in [2.24, 2.45) is 0 Å². The molecule has 0 bridgehead atoms. The molecule has 7 heteroatoms. The SMILES string of the molecule is CC(C)N1CCC(N(CCNS(=O)(=O)Cc2ccccc2)C2CCOCC2)CC1. The Bertz CT molecular complexity index is 697. The lowest BCUT2D eigenvalue weighted by Crippen LogP contribution is -2.53. The van der Waals surface area contributed by atoms with Crippen LogP contribution in [0, 0.1) is 0 Å². The number of likely N-dealkylation sites (tertiary alicyclic amines) is 1. The van der Waals surface area contributed by atoms with Crippen LogP contribution in [0.4, 0.5) is 0 Å². The Morgan fingerprint density at radius 3 is 2.31 bits per heavy atom. The van der Waals surface area contributed by atoms with Gasteiger partial charge in [-0.2, -0.15) is 0 Å². The molecule has 0 radical (unpaired) electrons. The third kappa shape index (κ3) is 7.03. The van der Waals surface area contributed by atoms with Gasteiger partial charge in [0.25, 0.3) is 0 Å². The molecule has 1 N–H and O–H groups in total. The second kappa shape index (κ2) is 10.9. The number of sulfonamides is 1. The van der Waals surface area contributed by atoms with Gasteiger partial charge in [-0.05, 0) is 58.2 Å².